The highest BCUT2D eigenvalue weighted by Crippen LogP contribution is 2.23. The largest absolute Gasteiger partial charge is 0.431 e. The van der Waals surface area contributed by atoms with Gasteiger partial charge in [0.2, 0.25) is 0 Å². The van der Waals surface area contributed by atoms with Gasteiger partial charge in [-0.1, -0.05) is 12.1 Å². The van der Waals surface area contributed by atoms with Crippen molar-refractivity contribution in [1.82, 2.24) is 0 Å². The van der Waals surface area contributed by atoms with E-state index in [0.29, 0.717) is 5.56 Å². The summed E-state index contributed by atoms with van der Waals surface area (Å²) in [7, 11) is 0. The first-order chi connectivity index (χ1) is 7.72. The molecule has 0 atom stereocenters. The third-order valence-electron chi connectivity index (χ3n) is 2.52. The van der Waals surface area contributed by atoms with Gasteiger partial charge >= 0.3 is 5.63 Å². The van der Waals surface area contributed by atoms with Crippen molar-refractivity contribution < 1.29 is 4.42 Å². The molecule has 0 bridgehead atoms. The lowest BCUT2D eigenvalue weighted by Gasteiger charge is -2.04. The van der Waals surface area contributed by atoms with Crippen molar-refractivity contribution in [3.8, 4) is 11.1 Å². The molecule has 2 aromatic rings. The summed E-state index contributed by atoms with van der Waals surface area (Å²) in [6.07, 6.45) is 3.48. The van der Waals surface area contributed by atoms with Gasteiger partial charge in [-0.15, -0.1) is 11.8 Å². The van der Waals surface area contributed by atoms with Gasteiger partial charge in [0.25, 0.3) is 0 Å². The van der Waals surface area contributed by atoms with Crippen molar-refractivity contribution in [3.05, 3.63) is 52.6 Å². The zero-order valence-corrected chi connectivity index (χ0v) is 10.0. The molecule has 2 rings (SSSR count). The topological polar surface area (TPSA) is 30.2 Å². The highest BCUT2D eigenvalue weighted by atomic mass is 32.2. The molecule has 0 saturated heterocycles. The third kappa shape index (κ3) is 2.04. The molecular weight excluding hydrogens is 220 g/mol. The second-order valence-corrected chi connectivity index (χ2v) is 4.35. The smallest absolute Gasteiger partial charge is 0.339 e. The summed E-state index contributed by atoms with van der Waals surface area (Å²) in [5, 5.41) is 0. The van der Waals surface area contributed by atoms with Crippen molar-refractivity contribution in [3.63, 3.8) is 0 Å². The SMILES string of the molecule is CSc1ccc(-c2ccoc(=O)c2C)cc1. The van der Waals surface area contributed by atoms with Crippen LogP contribution in [-0.4, -0.2) is 6.26 Å². The zero-order chi connectivity index (χ0) is 11.5. The Morgan fingerprint density at radius 3 is 2.44 bits per heavy atom. The Kier molecular flexibility index (Phi) is 3.15. The van der Waals surface area contributed by atoms with Crippen LogP contribution in [0.2, 0.25) is 0 Å². The van der Waals surface area contributed by atoms with E-state index in [2.05, 4.69) is 0 Å². The predicted molar refractivity (Wildman–Crippen MR) is 66.9 cm³/mol. The first kappa shape index (κ1) is 11.0. The van der Waals surface area contributed by atoms with Gasteiger partial charge in [-0.2, -0.15) is 0 Å². The van der Waals surface area contributed by atoms with E-state index < -0.39 is 0 Å². The summed E-state index contributed by atoms with van der Waals surface area (Å²) in [5.74, 6) is 0. The molecule has 0 fully saturated rings. The van der Waals surface area contributed by atoms with E-state index in [0.717, 1.165) is 11.1 Å². The van der Waals surface area contributed by atoms with Crippen molar-refractivity contribution in [1.29, 1.82) is 0 Å². The van der Waals surface area contributed by atoms with Gasteiger partial charge in [-0.05, 0) is 42.5 Å². The van der Waals surface area contributed by atoms with Crippen LogP contribution in [0.15, 0.2) is 50.7 Å². The molecular formula is C13H12O2S. The van der Waals surface area contributed by atoms with Crippen LogP contribution in [0.3, 0.4) is 0 Å². The van der Waals surface area contributed by atoms with Crippen LogP contribution in [-0.2, 0) is 0 Å². The molecule has 0 N–H and O–H groups in total. The van der Waals surface area contributed by atoms with E-state index in [1.54, 1.807) is 18.7 Å². The summed E-state index contributed by atoms with van der Waals surface area (Å²) in [5.41, 5.74) is 2.36. The monoisotopic (exact) mass is 232 g/mol. The molecule has 1 aromatic carbocycles. The maximum atomic E-state index is 11.4. The van der Waals surface area contributed by atoms with E-state index in [9.17, 15) is 4.79 Å². The van der Waals surface area contributed by atoms with Crippen LogP contribution in [0, 0.1) is 6.92 Å². The van der Waals surface area contributed by atoms with Crippen LogP contribution in [0.1, 0.15) is 5.56 Å². The maximum absolute atomic E-state index is 11.4. The van der Waals surface area contributed by atoms with Crippen LogP contribution < -0.4 is 5.63 Å². The molecule has 0 amide bonds. The minimum atomic E-state index is -0.272. The number of benzene rings is 1. The minimum Gasteiger partial charge on any atom is -0.431 e. The van der Waals surface area contributed by atoms with Gasteiger partial charge in [0.15, 0.2) is 0 Å². The normalized spacial score (nSPS) is 10.4. The average Bonchev–Trinajstić information content (AvgIpc) is 2.33. The molecule has 16 heavy (non-hydrogen) atoms. The number of rotatable bonds is 2. The van der Waals surface area contributed by atoms with Crippen molar-refractivity contribution in [2.45, 2.75) is 11.8 Å². The number of hydrogen-bond acceptors (Lipinski definition) is 3. The Balaban J connectivity index is 2.50. The summed E-state index contributed by atoms with van der Waals surface area (Å²) < 4.78 is 4.81. The minimum absolute atomic E-state index is 0.272. The first-order valence-electron chi connectivity index (χ1n) is 4.95. The Morgan fingerprint density at radius 1 is 1.12 bits per heavy atom. The van der Waals surface area contributed by atoms with Crippen LogP contribution >= 0.6 is 11.8 Å². The third-order valence-corrected chi connectivity index (χ3v) is 3.26. The second-order valence-electron chi connectivity index (χ2n) is 3.48. The molecule has 0 spiro atoms. The summed E-state index contributed by atoms with van der Waals surface area (Å²) in [6.45, 7) is 1.78. The molecule has 2 nitrogen and oxygen atoms in total. The summed E-state index contributed by atoms with van der Waals surface area (Å²) in [4.78, 5) is 12.6. The van der Waals surface area contributed by atoms with Crippen LogP contribution in [0.25, 0.3) is 11.1 Å². The fourth-order valence-electron chi connectivity index (χ4n) is 1.57. The van der Waals surface area contributed by atoms with Gasteiger partial charge in [0.05, 0.1) is 6.26 Å². The Hall–Kier alpha value is -1.48. The fourth-order valence-corrected chi connectivity index (χ4v) is 1.98. The van der Waals surface area contributed by atoms with Crippen molar-refractivity contribution in [2.75, 3.05) is 6.26 Å². The quantitative estimate of drug-likeness (QED) is 0.744. The molecule has 0 radical (unpaired) electrons. The fraction of sp³-hybridized carbons (Fsp3) is 0.154. The standard InChI is InChI=1S/C13H12O2S/c1-9-12(7-8-15-13(9)14)10-3-5-11(16-2)6-4-10/h3-8H,1-2H3. The van der Waals surface area contributed by atoms with E-state index >= 15 is 0 Å². The van der Waals surface area contributed by atoms with E-state index in [-0.39, 0.29) is 5.63 Å². The molecule has 0 aliphatic carbocycles. The lowest BCUT2D eigenvalue weighted by Crippen LogP contribution is -2.03. The Morgan fingerprint density at radius 2 is 1.81 bits per heavy atom. The highest BCUT2D eigenvalue weighted by Gasteiger charge is 2.05. The second kappa shape index (κ2) is 4.58. The molecule has 0 aliphatic heterocycles. The van der Waals surface area contributed by atoms with E-state index in [1.165, 1.54) is 11.2 Å². The summed E-state index contributed by atoms with van der Waals surface area (Å²) >= 11 is 1.70. The summed E-state index contributed by atoms with van der Waals surface area (Å²) in [6, 6.07) is 9.97. The first-order valence-corrected chi connectivity index (χ1v) is 6.17. The molecule has 3 heteroatoms. The Bertz CT molecular complexity index is 541. The van der Waals surface area contributed by atoms with Gasteiger partial charge in [-0.3, -0.25) is 0 Å². The Labute approximate surface area is 98.3 Å². The van der Waals surface area contributed by atoms with Gasteiger partial charge < -0.3 is 4.42 Å². The van der Waals surface area contributed by atoms with E-state index in [1.807, 2.05) is 36.6 Å². The zero-order valence-electron chi connectivity index (χ0n) is 9.19. The molecule has 0 aliphatic rings. The molecule has 0 saturated carbocycles. The van der Waals surface area contributed by atoms with Crippen LogP contribution in [0.4, 0.5) is 0 Å². The average molecular weight is 232 g/mol. The van der Waals surface area contributed by atoms with Gasteiger partial charge in [-0.25, -0.2) is 4.79 Å². The molecule has 0 unspecified atom stereocenters. The van der Waals surface area contributed by atoms with Crippen molar-refractivity contribution >= 4 is 11.8 Å². The predicted octanol–water partition coefficient (Wildman–Crippen LogP) is 3.34. The molecule has 82 valence electrons. The maximum Gasteiger partial charge on any atom is 0.339 e. The molecule has 1 heterocycles. The highest BCUT2D eigenvalue weighted by molar-refractivity contribution is 7.98. The lowest BCUT2D eigenvalue weighted by atomic mass is 10.0. The van der Waals surface area contributed by atoms with Gasteiger partial charge in [0, 0.05) is 10.5 Å². The lowest BCUT2D eigenvalue weighted by molar-refractivity contribution is 0.506. The van der Waals surface area contributed by atoms with Crippen molar-refractivity contribution in [2.24, 2.45) is 0 Å². The number of thioether (sulfide) groups is 1. The molecule has 1 aromatic heterocycles. The van der Waals surface area contributed by atoms with Gasteiger partial charge in [0.1, 0.15) is 0 Å². The van der Waals surface area contributed by atoms with Crippen LogP contribution in [0.5, 0.6) is 0 Å². The van der Waals surface area contributed by atoms with E-state index in [4.69, 9.17) is 4.42 Å². The number of hydrogen-bond donors (Lipinski definition) is 0.